The van der Waals surface area contributed by atoms with Crippen molar-refractivity contribution >= 4 is 16.7 Å². The summed E-state index contributed by atoms with van der Waals surface area (Å²) in [6.45, 7) is 7.04. The zero-order valence-corrected chi connectivity index (χ0v) is 18.8. The molecule has 0 amide bonds. The molecule has 4 heteroatoms. The van der Waals surface area contributed by atoms with Gasteiger partial charge in [0.15, 0.2) is 5.65 Å². The van der Waals surface area contributed by atoms with Gasteiger partial charge < -0.3 is 4.57 Å². The molecule has 0 spiro atoms. The van der Waals surface area contributed by atoms with Crippen LogP contribution in [0.25, 0.3) is 16.7 Å². The number of hydrogen-bond acceptors (Lipinski definition) is 3. The van der Waals surface area contributed by atoms with Crippen molar-refractivity contribution in [1.29, 1.82) is 5.26 Å². The van der Waals surface area contributed by atoms with Crippen molar-refractivity contribution in [3.05, 3.63) is 99.5 Å². The third-order valence-corrected chi connectivity index (χ3v) is 6.40. The molecule has 0 saturated carbocycles. The van der Waals surface area contributed by atoms with Crippen LogP contribution in [0.4, 0.5) is 0 Å². The fraction of sp³-hybridized carbons (Fsp3) is 0.250. The molecule has 2 aromatic heterocycles. The highest BCUT2D eigenvalue weighted by Gasteiger charge is 2.19. The number of benzene rings is 2. The fourth-order valence-electron chi connectivity index (χ4n) is 4.92. The Hall–Kier alpha value is -3.71. The molecule has 2 heterocycles. The topological polar surface area (TPSA) is 54.5 Å². The van der Waals surface area contributed by atoms with E-state index in [9.17, 15) is 5.26 Å². The molecule has 5 rings (SSSR count). The van der Waals surface area contributed by atoms with Gasteiger partial charge in [0.05, 0.1) is 12.6 Å². The number of imidazole rings is 1. The molecule has 4 aromatic rings. The van der Waals surface area contributed by atoms with E-state index < -0.39 is 0 Å². The highest BCUT2D eigenvalue weighted by Crippen LogP contribution is 2.34. The number of aromatic nitrogens is 3. The van der Waals surface area contributed by atoms with E-state index in [1.165, 1.54) is 27.8 Å². The quantitative estimate of drug-likeness (QED) is 0.400. The first kappa shape index (κ1) is 20.2. The molecule has 158 valence electrons. The van der Waals surface area contributed by atoms with Crippen molar-refractivity contribution in [2.75, 3.05) is 0 Å². The predicted molar refractivity (Wildman–Crippen MR) is 128 cm³/mol. The Kier molecular flexibility index (Phi) is 5.11. The van der Waals surface area contributed by atoms with Crippen LogP contribution in [-0.2, 0) is 25.8 Å². The van der Waals surface area contributed by atoms with E-state index in [1.807, 2.05) is 6.92 Å². The lowest BCUT2D eigenvalue weighted by atomic mass is 9.93. The molecular formula is C28H26N4. The van der Waals surface area contributed by atoms with Crippen LogP contribution >= 0.6 is 0 Å². The lowest BCUT2D eigenvalue weighted by Crippen LogP contribution is -2.06. The predicted octanol–water partition coefficient (Wildman–Crippen LogP) is 5.71. The molecule has 4 nitrogen and oxygen atoms in total. The maximum Gasteiger partial charge on any atom is 0.160 e. The third-order valence-electron chi connectivity index (χ3n) is 6.40. The standard InChI is InChI=1S/C28H26N4/c1-4-26-31-27-18(2)15-19(3)30-28(27)32(26)17-20-9-12-24-22(16-20)11-10-21-7-5-6-8-23(21)25(24)13-14-29/h5-9,12-13,15-16H,4,10-11,17H2,1-3H3. The van der Waals surface area contributed by atoms with Crippen molar-refractivity contribution in [2.45, 2.75) is 46.6 Å². The maximum absolute atomic E-state index is 9.45. The normalized spacial score (nSPS) is 14.1. The lowest BCUT2D eigenvalue weighted by Gasteiger charge is -2.14. The molecule has 1 aliphatic rings. The molecule has 0 radical (unpaired) electrons. The van der Waals surface area contributed by atoms with Gasteiger partial charge in [-0.05, 0) is 71.7 Å². The van der Waals surface area contributed by atoms with Gasteiger partial charge in [-0.3, -0.25) is 0 Å². The summed E-state index contributed by atoms with van der Waals surface area (Å²) in [5.41, 5.74) is 11.3. The summed E-state index contributed by atoms with van der Waals surface area (Å²) >= 11 is 0. The van der Waals surface area contributed by atoms with E-state index in [4.69, 9.17) is 9.97 Å². The van der Waals surface area contributed by atoms with Gasteiger partial charge in [0.1, 0.15) is 11.3 Å². The Morgan fingerprint density at radius 2 is 1.78 bits per heavy atom. The second-order valence-electron chi connectivity index (χ2n) is 8.56. The molecule has 0 unspecified atom stereocenters. The van der Waals surface area contributed by atoms with Crippen LogP contribution in [0.3, 0.4) is 0 Å². The molecule has 0 fully saturated rings. The summed E-state index contributed by atoms with van der Waals surface area (Å²) < 4.78 is 2.26. The zero-order valence-electron chi connectivity index (χ0n) is 18.8. The van der Waals surface area contributed by atoms with E-state index in [-0.39, 0.29) is 0 Å². The largest absolute Gasteiger partial charge is 0.308 e. The zero-order chi connectivity index (χ0) is 22.2. The third kappa shape index (κ3) is 3.40. The summed E-state index contributed by atoms with van der Waals surface area (Å²) in [4.78, 5) is 9.71. The number of aryl methyl sites for hydroxylation is 5. The second-order valence-corrected chi connectivity index (χ2v) is 8.56. The van der Waals surface area contributed by atoms with Crippen molar-refractivity contribution in [3.63, 3.8) is 0 Å². The molecule has 2 aromatic carbocycles. The molecule has 32 heavy (non-hydrogen) atoms. The van der Waals surface area contributed by atoms with E-state index in [0.717, 1.165) is 59.6 Å². The Morgan fingerprint density at radius 3 is 2.59 bits per heavy atom. The van der Waals surface area contributed by atoms with Crippen LogP contribution in [-0.4, -0.2) is 14.5 Å². The number of hydrogen-bond donors (Lipinski definition) is 0. The molecule has 0 bridgehead atoms. The molecule has 1 aliphatic carbocycles. The van der Waals surface area contributed by atoms with Crippen molar-refractivity contribution in [1.82, 2.24) is 14.5 Å². The summed E-state index contributed by atoms with van der Waals surface area (Å²) in [7, 11) is 0. The number of fused-ring (bicyclic) bond motifs is 3. The van der Waals surface area contributed by atoms with Gasteiger partial charge in [0.2, 0.25) is 0 Å². The summed E-state index contributed by atoms with van der Waals surface area (Å²) in [6.07, 6.45) is 4.50. The van der Waals surface area contributed by atoms with E-state index >= 15 is 0 Å². The smallest absolute Gasteiger partial charge is 0.160 e. The van der Waals surface area contributed by atoms with E-state index in [1.54, 1.807) is 6.08 Å². The van der Waals surface area contributed by atoms with Crippen LogP contribution in [0.1, 0.15) is 51.8 Å². The van der Waals surface area contributed by atoms with Gasteiger partial charge in [-0.15, -0.1) is 0 Å². The molecule has 0 N–H and O–H groups in total. The highest BCUT2D eigenvalue weighted by atomic mass is 15.1. The summed E-state index contributed by atoms with van der Waals surface area (Å²) in [5, 5.41) is 9.45. The van der Waals surface area contributed by atoms with Gasteiger partial charge in [-0.25, -0.2) is 9.97 Å². The van der Waals surface area contributed by atoms with Crippen LogP contribution in [0.2, 0.25) is 0 Å². The minimum Gasteiger partial charge on any atom is -0.308 e. The van der Waals surface area contributed by atoms with Gasteiger partial charge in [0.25, 0.3) is 0 Å². The van der Waals surface area contributed by atoms with Crippen LogP contribution in [0.15, 0.2) is 54.6 Å². The number of nitrogens with zero attached hydrogens (tertiary/aromatic N) is 4. The lowest BCUT2D eigenvalue weighted by molar-refractivity contribution is 0.744. The van der Waals surface area contributed by atoms with Crippen molar-refractivity contribution in [3.8, 4) is 6.07 Å². The number of nitriles is 1. The number of rotatable bonds is 3. The SMILES string of the molecule is CCc1nc2c(C)cc(C)nc2n1Cc1ccc2c(c1)CCc1ccccc1C2=CC#N. The van der Waals surface area contributed by atoms with Crippen LogP contribution in [0.5, 0.6) is 0 Å². The van der Waals surface area contributed by atoms with Gasteiger partial charge in [0, 0.05) is 18.2 Å². The van der Waals surface area contributed by atoms with Crippen molar-refractivity contribution in [2.24, 2.45) is 0 Å². The van der Waals surface area contributed by atoms with Gasteiger partial charge in [-0.1, -0.05) is 49.4 Å². The summed E-state index contributed by atoms with van der Waals surface area (Å²) in [6, 6.07) is 19.5. The second kappa shape index (κ2) is 8.09. The van der Waals surface area contributed by atoms with Crippen molar-refractivity contribution < 1.29 is 0 Å². The average Bonchev–Trinajstić information content (AvgIpc) is 3.06. The van der Waals surface area contributed by atoms with Gasteiger partial charge in [-0.2, -0.15) is 5.26 Å². The van der Waals surface area contributed by atoms with Gasteiger partial charge >= 0.3 is 0 Å². The monoisotopic (exact) mass is 418 g/mol. The van der Waals surface area contributed by atoms with E-state index in [0.29, 0.717) is 0 Å². The molecular weight excluding hydrogens is 392 g/mol. The Bertz CT molecular complexity index is 1420. The molecule has 0 aliphatic heterocycles. The minimum atomic E-state index is 0.743. The summed E-state index contributed by atoms with van der Waals surface area (Å²) in [5.74, 6) is 1.06. The van der Waals surface area contributed by atoms with Crippen LogP contribution in [0, 0.1) is 25.2 Å². The Morgan fingerprint density at radius 1 is 1.00 bits per heavy atom. The maximum atomic E-state index is 9.45. The first-order valence-corrected chi connectivity index (χ1v) is 11.2. The Balaban J connectivity index is 1.59. The first-order chi connectivity index (χ1) is 15.6. The average molecular weight is 419 g/mol. The fourth-order valence-corrected chi connectivity index (χ4v) is 4.92. The Labute approximate surface area is 188 Å². The minimum absolute atomic E-state index is 0.743. The number of allylic oxidation sites excluding steroid dienone is 1. The first-order valence-electron chi connectivity index (χ1n) is 11.2. The van der Waals surface area contributed by atoms with Crippen LogP contribution < -0.4 is 0 Å². The van der Waals surface area contributed by atoms with E-state index in [2.05, 4.69) is 73.0 Å². The molecule has 0 atom stereocenters. The number of pyridine rings is 1. The molecule has 0 saturated heterocycles. The highest BCUT2D eigenvalue weighted by molar-refractivity contribution is 5.85.